The molecule has 0 aliphatic heterocycles. The average Bonchev–Trinajstić information content (AvgIpc) is 2.82. The van der Waals surface area contributed by atoms with Crippen molar-refractivity contribution in [2.24, 2.45) is 0 Å². The zero-order valence-corrected chi connectivity index (χ0v) is 23.6. The summed E-state index contributed by atoms with van der Waals surface area (Å²) in [6, 6.07) is 0. The van der Waals surface area contributed by atoms with Crippen molar-refractivity contribution in [1.82, 2.24) is 0 Å². The molecular weight excluding hydrogens is 456 g/mol. The van der Waals surface area contributed by atoms with Crippen LogP contribution in [-0.4, -0.2) is 67.3 Å². The van der Waals surface area contributed by atoms with Gasteiger partial charge in [-0.15, -0.1) is 0 Å². The SMILES string of the molecule is C/C(=C\CCC(C)(O)C(O)CC/C(C)=C/CC/C=C(\C)CCC(O)C(C)(O)CC/C=C(\C)CO)CO. The van der Waals surface area contributed by atoms with E-state index < -0.39 is 23.4 Å². The molecule has 0 heterocycles. The van der Waals surface area contributed by atoms with E-state index in [4.69, 9.17) is 10.2 Å². The van der Waals surface area contributed by atoms with Crippen LogP contribution >= 0.6 is 0 Å². The Kier molecular flexibility index (Phi) is 17.4. The molecule has 0 radical (unpaired) electrons. The first-order valence-corrected chi connectivity index (χ1v) is 13.4. The summed E-state index contributed by atoms with van der Waals surface area (Å²) in [4.78, 5) is 0. The van der Waals surface area contributed by atoms with Gasteiger partial charge in [-0.2, -0.15) is 0 Å². The molecule has 0 aromatic rings. The van der Waals surface area contributed by atoms with Gasteiger partial charge in [0, 0.05) is 0 Å². The van der Waals surface area contributed by atoms with Crippen LogP contribution in [0.5, 0.6) is 0 Å². The van der Waals surface area contributed by atoms with Crippen molar-refractivity contribution in [2.75, 3.05) is 13.2 Å². The fourth-order valence-electron chi connectivity index (χ4n) is 3.90. The molecule has 0 spiro atoms. The standard InChI is InChI=1S/C30H54O6/c1-23(15-17-27(33)29(5,35)19-9-13-25(3)21-31)11-7-8-12-24(2)16-18-28(34)30(6,36)20-10-14-26(4)22-32/h11-14,27-28,31-36H,7-10,15-22H2,1-6H3/b23-11+,24-12+,25-13+,26-14+. The molecule has 0 rings (SSSR count). The third kappa shape index (κ3) is 15.7. The van der Waals surface area contributed by atoms with Crippen LogP contribution in [0.1, 0.15) is 106 Å². The molecule has 0 aliphatic carbocycles. The number of aliphatic hydroxyl groups is 6. The minimum Gasteiger partial charge on any atom is -0.392 e. The second-order valence-corrected chi connectivity index (χ2v) is 11.0. The molecule has 0 bridgehead atoms. The van der Waals surface area contributed by atoms with Crippen LogP contribution in [0.4, 0.5) is 0 Å². The van der Waals surface area contributed by atoms with E-state index in [1.807, 2.05) is 39.8 Å². The Morgan fingerprint density at radius 2 is 0.889 bits per heavy atom. The van der Waals surface area contributed by atoms with E-state index in [0.717, 1.165) is 36.8 Å². The average molecular weight is 511 g/mol. The third-order valence-electron chi connectivity index (χ3n) is 7.00. The van der Waals surface area contributed by atoms with E-state index >= 15 is 0 Å². The van der Waals surface area contributed by atoms with Crippen molar-refractivity contribution in [3.63, 3.8) is 0 Å². The Bertz CT molecular complexity index is 668. The van der Waals surface area contributed by atoms with Crippen molar-refractivity contribution in [3.05, 3.63) is 46.6 Å². The Morgan fingerprint density at radius 3 is 1.19 bits per heavy atom. The molecular formula is C30H54O6. The summed E-state index contributed by atoms with van der Waals surface area (Å²) < 4.78 is 0. The van der Waals surface area contributed by atoms with E-state index in [0.29, 0.717) is 38.5 Å². The highest BCUT2D eigenvalue weighted by molar-refractivity contribution is 5.04. The zero-order chi connectivity index (χ0) is 27.8. The number of hydrogen-bond donors (Lipinski definition) is 6. The quantitative estimate of drug-likeness (QED) is 0.109. The molecule has 4 atom stereocenters. The van der Waals surface area contributed by atoms with E-state index in [9.17, 15) is 20.4 Å². The lowest BCUT2D eigenvalue weighted by atomic mass is 9.89. The van der Waals surface area contributed by atoms with Crippen LogP contribution < -0.4 is 0 Å². The van der Waals surface area contributed by atoms with Gasteiger partial charge in [0.05, 0.1) is 36.6 Å². The van der Waals surface area contributed by atoms with E-state index in [1.54, 1.807) is 13.8 Å². The van der Waals surface area contributed by atoms with E-state index in [-0.39, 0.29) is 13.2 Å². The second-order valence-electron chi connectivity index (χ2n) is 11.0. The lowest BCUT2D eigenvalue weighted by molar-refractivity contribution is -0.0692. The number of aliphatic hydroxyl groups excluding tert-OH is 4. The van der Waals surface area contributed by atoms with Crippen LogP contribution in [0.15, 0.2) is 46.6 Å². The summed E-state index contributed by atoms with van der Waals surface area (Å²) in [7, 11) is 0. The molecule has 210 valence electrons. The molecule has 0 aromatic heterocycles. The second kappa shape index (κ2) is 18.1. The van der Waals surface area contributed by atoms with Gasteiger partial charge >= 0.3 is 0 Å². The number of rotatable bonds is 19. The van der Waals surface area contributed by atoms with Crippen molar-refractivity contribution in [1.29, 1.82) is 0 Å². The molecule has 0 fully saturated rings. The van der Waals surface area contributed by atoms with Gasteiger partial charge < -0.3 is 30.6 Å². The maximum Gasteiger partial charge on any atom is 0.0880 e. The summed E-state index contributed by atoms with van der Waals surface area (Å²) >= 11 is 0. The number of hydrogen-bond acceptors (Lipinski definition) is 6. The first kappa shape index (κ1) is 34.7. The molecule has 4 unspecified atom stereocenters. The van der Waals surface area contributed by atoms with Crippen LogP contribution in [0.2, 0.25) is 0 Å². The fraction of sp³-hybridized carbons (Fsp3) is 0.733. The van der Waals surface area contributed by atoms with Gasteiger partial charge in [-0.3, -0.25) is 0 Å². The van der Waals surface area contributed by atoms with Crippen LogP contribution in [-0.2, 0) is 0 Å². The van der Waals surface area contributed by atoms with Crippen LogP contribution in [0.3, 0.4) is 0 Å². The van der Waals surface area contributed by atoms with Gasteiger partial charge in [-0.1, -0.05) is 46.6 Å². The Hall–Kier alpha value is -1.28. The normalized spacial score (nSPS) is 19.1. The molecule has 0 amide bonds. The van der Waals surface area contributed by atoms with Crippen molar-refractivity contribution < 1.29 is 30.6 Å². The first-order chi connectivity index (χ1) is 16.7. The molecule has 0 aromatic carbocycles. The smallest absolute Gasteiger partial charge is 0.0880 e. The molecule has 0 saturated carbocycles. The fourth-order valence-corrected chi connectivity index (χ4v) is 3.90. The topological polar surface area (TPSA) is 121 Å². The highest BCUT2D eigenvalue weighted by Crippen LogP contribution is 2.24. The predicted octanol–water partition coefficient (Wildman–Crippen LogP) is 4.88. The Morgan fingerprint density at radius 1 is 0.583 bits per heavy atom. The lowest BCUT2D eigenvalue weighted by Crippen LogP contribution is -2.39. The summed E-state index contributed by atoms with van der Waals surface area (Å²) in [5, 5.41) is 60.1. The van der Waals surface area contributed by atoms with Gasteiger partial charge in [-0.25, -0.2) is 0 Å². The van der Waals surface area contributed by atoms with Crippen LogP contribution in [0, 0.1) is 0 Å². The minimum atomic E-state index is -1.16. The number of allylic oxidation sites excluding steroid dienone is 6. The van der Waals surface area contributed by atoms with Crippen molar-refractivity contribution in [2.45, 2.75) is 129 Å². The van der Waals surface area contributed by atoms with Gasteiger partial charge in [0.1, 0.15) is 0 Å². The molecule has 0 aliphatic rings. The van der Waals surface area contributed by atoms with Gasteiger partial charge in [0.15, 0.2) is 0 Å². The molecule has 6 heteroatoms. The van der Waals surface area contributed by atoms with Crippen molar-refractivity contribution in [3.8, 4) is 0 Å². The summed E-state index contributed by atoms with van der Waals surface area (Å²) in [5.41, 5.74) is 1.79. The molecule has 6 N–H and O–H groups in total. The summed E-state index contributed by atoms with van der Waals surface area (Å²) in [6.45, 7) is 11.1. The monoisotopic (exact) mass is 510 g/mol. The predicted molar refractivity (Wildman–Crippen MR) is 149 cm³/mol. The summed E-state index contributed by atoms with van der Waals surface area (Å²) in [5.74, 6) is 0. The van der Waals surface area contributed by atoms with Crippen LogP contribution in [0.25, 0.3) is 0 Å². The van der Waals surface area contributed by atoms with E-state index in [1.165, 1.54) is 11.1 Å². The lowest BCUT2D eigenvalue weighted by Gasteiger charge is -2.29. The molecule has 0 saturated heterocycles. The van der Waals surface area contributed by atoms with Gasteiger partial charge in [-0.05, 0) is 106 Å². The van der Waals surface area contributed by atoms with Gasteiger partial charge in [0.25, 0.3) is 0 Å². The van der Waals surface area contributed by atoms with E-state index in [2.05, 4.69) is 12.2 Å². The zero-order valence-electron chi connectivity index (χ0n) is 23.6. The minimum absolute atomic E-state index is 0.0119. The molecule has 36 heavy (non-hydrogen) atoms. The maximum absolute atomic E-state index is 10.6. The largest absolute Gasteiger partial charge is 0.392 e. The number of unbranched alkanes of at least 4 members (excludes halogenated alkanes) is 1. The summed E-state index contributed by atoms with van der Waals surface area (Å²) in [6.07, 6.45) is 12.9. The van der Waals surface area contributed by atoms with Crippen molar-refractivity contribution >= 4 is 0 Å². The highest BCUT2D eigenvalue weighted by atomic mass is 16.3. The Labute approximate surface area is 219 Å². The third-order valence-corrected chi connectivity index (χ3v) is 7.00. The first-order valence-electron chi connectivity index (χ1n) is 13.4. The van der Waals surface area contributed by atoms with Gasteiger partial charge in [0.2, 0.25) is 0 Å². The molecule has 6 nitrogen and oxygen atoms in total. The highest BCUT2D eigenvalue weighted by Gasteiger charge is 2.30. The maximum atomic E-state index is 10.6. The Balaban J connectivity index is 4.39.